The minimum absolute atomic E-state index is 0.0139. The highest BCUT2D eigenvalue weighted by molar-refractivity contribution is 6.06. The Morgan fingerprint density at radius 1 is 1.22 bits per heavy atom. The van der Waals surface area contributed by atoms with Gasteiger partial charge in [-0.05, 0) is 43.7 Å². The summed E-state index contributed by atoms with van der Waals surface area (Å²) in [6.07, 6.45) is -5.27. The van der Waals surface area contributed by atoms with Gasteiger partial charge < -0.3 is 10.1 Å². The first kappa shape index (κ1) is 18.8. The van der Waals surface area contributed by atoms with Gasteiger partial charge in [0.2, 0.25) is 5.91 Å². The number of aryl methyl sites for hydroxylation is 1. The largest absolute Gasteiger partial charge is 0.479 e. The fraction of sp³-hybridized carbons (Fsp3) is 0.263. The lowest BCUT2D eigenvalue weighted by Gasteiger charge is -2.32. The van der Waals surface area contributed by atoms with Crippen molar-refractivity contribution in [1.29, 1.82) is 0 Å². The number of carbonyl (C=O) groups is 2. The molecule has 0 spiro atoms. The second kappa shape index (κ2) is 6.94. The molecule has 0 aromatic heterocycles. The van der Waals surface area contributed by atoms with Gasteiger partial charge in [0.1, 0.15) is 12.3 Å². The number of carbonyl (C=O) groups excluding carboxylic acids is 2. The lowest BCUT2D eigenvalue weighted by atomic mass is 10.1. The smallest absolute Gasteiger partial charge is 0.416 e. The number of ether oxygens (including phenoxy) is 1. The van der Waals surface area contributed by atoms with Crippen LogP contribution in [0, 0.1) is 6.92 Å². The Morgan fingerprint density at radius 3 is 2.63 bits per heavy atom. The van der Waals surface area contributed by atoms with Crippen LogP contribution in [-0.4, -0.2) is 24.5 Å². The summed E-state index contributed by atoms with van der Waals surface area (Å²) < 4.78 is 44.5. The minimum Gasteiger partial charge on any atom is -0.479 e. The van der Waals surface area contributed by atoms with Crippen LogP contribution >= 0.6 is 0 Å². The molecule has 0 aliphatic carbocycles. The van der Waals surface area contributed by atoms with E-state index in [1.807, 2.05) is 0 Å². The summed E-state index contributed by atoms with van der Waals surface area (Å²) in [4.78, 5) is 26.0. The second-order valence-electron chi connectivity index (χ2n) is 6.23. The molecule has 27 heavy (non-hydrogen) atoms. The summed E-state index contributed by atoms with van der Waals surface area (Å²) in [5.41, 5.74) is -0.302. The molecule has 2 amide bonds. The van der Waals surface area contributed by atoms with Crippen LogP contribution in [0.5, 0.6) is 5.75 Å². The summed E-state index contributed by atoms with van der Waals surface area (Å²) in [5.74, 6) is -0.542. The fourth-order valence-electron chi connectivity index (χ4n) is 2.87. The van der Waals surface area contributed by atoms with E-state index in [0.717, 1.165) is 6.07 Å². The number of nitrogens with zero attached hydrogens (tertiary/aromatic N) is 1. The number of rotatable bonds is 3. The van der Waals surface area contributed by atoms with Crippen molar-refractivity contribution in [2.75, 3.05) is 16.8 Å². The molecule has 1 N–H and O–H groups in total. The van der Waals surface area contributed by atoms with Gasteiger partial charge in [-0.3, -0.25) is 14.5 Å². The maximum atomic E-state index is 13.0. The molecule has 1 atom stereocenters. The first-order valence-electron chi connectivity index (χ1n) is 8.21. The molecule has 0 bridgehead atoms. The average Bonchev–Trinajstić information content (AvgIpc) is 2.59. The van der Waals surface area contributed by atoms with Crippen molar-refractivity contribution in [3.8, 4) is 5.75 Å². The molecule has 0 fully saturated rings. The number of para-hydroxylation sites is 2. The SMILES string of the molecule is Cc1ccc(NC(=O)CN2C(=O)C(C)Oc3ccccc32)cc1C(F)(F)F. The van der Waals surface area contributed by atoms with Gasteiger partial charge in [0.25, 0.3) is 5.91 Å². The van der Waals surface area contributed by atoms with Crippen LogP contribution in [0.15, 0.2) is 42.5 Å². The molecule has 2 aromatic carbocycles. The number of fused-ring (bicyclic) bond motifs is 1. The topological polar surface area (TPSA) is 58.6 Å². The molecule has 0 saturated heterocycles. The Labute approximate surface area is 153 Å². The van der Waals surface area contributed by atoms with Crippen LogP contribution in [0.1, 0.15) is 18.1 Å². The molecule has 8 heteroatoms. The van der Waals surface area contributed by atoms with Gasteiger partial charge in [-0.25, -0.2) is 0 Å². The first-order valence-corrected chi connectivity index (χ1v) is 8.21. The molecule has 0 saturated carbocycles. The molecule has 1 heterocycles. The van der Waals surface area contributed by atoms with E-state index in [1.54, 1.807) is 31.2 Å². The number of amides is 2. The summed E-state index contributed by atoms with van der Waals surface area (Å²) in [6.45, 7) is 2.58. The Morgan fingerprint density at radius 2 is 1.93 bits per heavy atom. The van der Waals surface area contributed by atoms with Gasteiger partial charge >= 0.3 is 6.18 Å². The van der Waals surface area contributed by atoms with Gasteiger partial charge in [0.15, 0.2) is 6.10 Å². The lowest BCUT2D eigenvalue weighted by Crippen LogP contribution is -2.47. The third-order valence-electron chi connectivity index (χ3n) is 4.20. The van der Waals surface area contributed by atoms with Crippen molar-refractivity contribution in [3.63, 3.8) is 0 Å². The van der Waals surface area contributed by atoms with Gasteiger partial charge in [0, 0.05) is 5.69 Å². The lowest BCUT2D eigenvalue weighted by molar-refractivity contribution is -0.138. The summed E-state index contributed by atoms with van der Waals surface area (Å²) >= 11 is 0. The van der Waals surface area contributed by atoms with Gasteiger partial charge in [0.05, 0.1) is 11.3 Å². The summed E-state index contributed by atoms with van der Waals surface area (Å²) in [5, 5.41) is 2.42. The van der Waals surface area contributed by atoms with Crippen LogP contribution < -0.4 is 15.0 Å². The van der Waals surface area contributed by atoms with Crippen molar-refractivity contribution in [2.45, 2.75) is 26.1 Å². The standard InChI is InChI=1S/C19H17F3N2O3/c1-11-7-8-13(9-14(11)19(20,21)22)23-17(25)10-24-15-5-3-4-6-16(15)27-12(2)18(24)26/h3-9,12H,10H2,1-2H3,(H,23,25). The average molecular weight is 378 g/mol. The Bertz CT molecular complexity index is 896. The zero-order valence-corrected chi connectivity index (χ0v) is 14.6. The predicted octanol–water partition coefficient (Wildman–Crippen LogP) is 3.77. The predicted molar refractivity (Wildman–Crippen MR) is 93.7 cm³/mol. The van der Waals surface area contributed by atoms with Gasteiger partial charge in [-0.15, -0.1) is 0 Å². The number of alkyl halides is 3. The second-order valence-corrected chi connectivity index (χ2v) is 6.23. The van der Waals surface area contributed by atoms with Crippen molar-refractivity contribution >= 4 is 23.2 Å². The molecule has 5 nitrogen and oxygen atoms in total. The maximum Gasteiger partial charge on any atom is 0.416 e. The van der Waals surface area contributed by atoms with E-state index in [9.17, 15) is 22.8 Å². The van der Waals surface area contributed by atoms with Crippen LogP contribution in [0.25, 0.3) is 0 Å². The van der Waals surface area contributed by atoms with Crippen LogP contribution in [0.3, 0.4) is 0 Å². The zero-order valence-electron chi connectivity index (χ0n) is 14.6. The quantitative estimate of drug-likeness (QED) is 0.885. The van der Waals surface area contributed by atoms with E-state index in [4.69, 9.17) is 4.74 Å². The number of hydrogen-bond acceptors (Lipinski definition) is 3. The highest BCUT2D eigenvalue weighted by Gasteiger charge is 2.34. The normalized spacial score (nSPS) is 16.6. The highest BCUT2D eigenvalue weighted by atomic mass is 19.4. The third-order valence-corrected chi connectivity index (χ3v) is 4.20. The third kappa shape index (κ3) is 3.89. The Hall–Kier alpha value is -3.03. The molecular formula is C19H17F3N2O3. The minimum atomic E-state index is -4.51. The molecule has 1 unspecified atom stereocenters. The Kier molecular flexibility index (Phi) is 4.82. The van der Waals surface area contributed by atoms with E-state index < -0.39 is 29.7 Å². The Balaban J connectivity index is 1.80. The molecule has 142 valence electrons. The van der Waals surface area contributed by atoms with Crippen LogP contribution in [0.4, 0.5) is 24.5 Å². The van der Waals surface area contributed by atoms with Crippen molar-refractivity contribution in [2.24, 2.45) is 0 Å². The van der Waals surface area contributed by atoms with E-state index in [1.165, 1.54) is 24.0 Å². The first-order chi connectivity index (χ1) is 12.7. The summed E-state index contributed by atoms with van der Waals surface area (Å²) in [7, 11) is 0. The number of anilines is 2. The van der Waals surface area contributed by atoms with Gasteiger partial charge in [-0.1, -0.05) is 18.2 Å². The molecule has 1 aliphatic rings. The van der Waals surface area contributed by atoms with E-state index in [2.05, 4.69) is 5.32 Å². The van der Waals surface area contributed by atoms with E-state index >= 15 is 0 Å². The highest BCUT2D eigenvalue weighted by Crippen LogP contribution is 2.34. The zero-order chi connectivity index (χ0) is 19.8. The van der Waals surface area contributed by atoms with Crippen LogP contribution in [-0.2, 0) is 15.8 Å². The number of hydrogen-bond donors (Lipinski definition) is 1. The number of benzene rings is 2. The monoisotopic (exact) mass is 378 g/mol. The van der Waals surface area contributed by atoms with Crippen molar-refractivity contribution in [1.82, 2.24) is 0 Å². The molecular weight excluding hydrogens is 361 g/mol. The molecule has 0 radical (unpaired) electrons. The summed E-state index contributed by atoms with van der Waals surface area (Å²) in [6, 6.07) is 10.3. The van der Waals surface area contributed by atoms with E-state index in [-0.39, 0.29) is 17.8 Å². The maximum absolute atomic E-state index is 13.0. The van der Waals surface area contributed by atoms with Gasteiger partial charge in [-0.2, -0.15) is 13.2 Å². The van der Waals surface area contributed by atoms with Crippen molar-refractivity contribution in [3.05, 3.63) is 53.6 Å². The fourth-order valence-corrected chi connectivity index (χ4v) is 2.87. The van der Waals surface area contributed by atoms with Crippen molar-refractivity contribution < 1.29 is 27.5 Å². The number of nitrogens with one attached hydrogen (secondary N) is 1. The molecule has 2 aromatic rings. The van der Waals surface area contributed by atoms with E-state index in [0.29, 0.717) is 11.4 Å². The molecule has 3 rings (SSSR count). The van der Waals surface area contributed by atoms with Crippen LogP contribution in [0.2, 0.25) is 0 Å². The molecule has 1 aliphatic heterocycles. The number of halogens is 3.